The van der Waals surface area contributed by atoms with Gasteiger partial charge in [-0.2, -0.15) is 13.2 Å². The van der Waals surface area contributed by atoms with E-state index in [1.165, 1.54) is 17.9 Å². The molecule has 1 fully saturated rings. The Kier molecular flexibility index (Phi) is 6.47. The second-order valence-corrected chi connectivity index (χ2v) is 6.47. The number of halogens is 4. The van der Waals surface area contributed by atoms with Crippen LogP contribution in [0.5, 0.6) is 0 Å². The number of benzene rings is 1. The van der Waals surface area contributed by atoms with Crippen LogP contribution in [0.15, 0.2) is 18.2 Å². The molecule has 1 aromatic carbocycles. The van der Waals surface area contributed by atoms with Crippen LogP contribution in [-0.2, 0) is 11.0 Å². The van der Waals surface area contributed by atoms with Crippen LogP contribution in [-0.4, -0.2) is 36.3 Å². The molecule has 0 spiro atoms. The second-order valence-electron chi connectivity index (χ2n) is 6.47. The predicted molar refractivity (Wildman–Crippen MR) is 90.7 cm³/mol. The van der Waals surface area contributed by atoms with Crippen LogP contribution in [0.1, 0.15) is 36.2 Å². The molecule has 1 aromatic rings. The Hall–Kier alpha value is -1.80. The number of amides is 2. The van der Waals surface area contributed by atoms with E-state index in [-0.39, 0.29) is 29.1 Å². The van der Waals surface area contributed by atoms with E-state index in [9.17, 15) is 22.8 Å². The molecule has 1 saturated heterocycles. The number of rotatable bonds is 3. The normalized spacial score (nSPS) is 20.2. The number of nitrogens with one attached hydrogen (secondary N) is 1. The summed E-state index contributed by atoms with van der Waals surface area (Å²) >= 11 is 0. The Bertz CT molecular complexity index is 667. The third-order valence-electron chi connectivity index (χ3n) is 4.17. The first kappa shape index (κ1) is 21.2. The average molecular weight is 380 g/mol. The Balaban J connectivity index is 0.00000312. The zero-order chi connectivity index (χ0) is 18.1. The molecule has 3 N–H and O–H groups in total. The number of carbonyl (C=O) groups excluding carboxylic acids is 2. The number of alkyl halides is 3. The maximum Gasteiger partial charge on any atom is 0.416 e. The molecule has 1 atom stereocenters. The van der Waals surface area contributed by atoms with Gasteiger partial charge in [0, 0.05) is 31.3 Å². The lowest BCUT2D eigenvalue weighted by atomic mass is 9.90. The minimum Gasteiger partial charge on any atom is -0.338 e. The monoisotopic (exact) mass is 379 g/mol. The summed E-state index contributed by atoms with van der Waals surface area (Å²) in [6.45, 7) is 4.37. The average Bonchev–Trinajstić information content (AvgIpc) is 2.88. The van der Waals surface area contributed by atoms with Gasteiger partial charge < -0.3 is 16.0 Å². The summed E-state index contributed by atoms with van der Waals surface area (Å²) in [6.07, 6.45) is -3.91. The summed E-state index contributed by atoms with van der Waals surface area (Å²) < 4.78 is 39.1. The van der Waals surface area contributed by atoms with Crippen LogP contribution in [0.4, 0.5) is 18.9 Å². The van der Waals surface area contributed by atoms with Gasteiger partial charge in [0.15, 0.2) is 0 Å². The molecule has 0 saturated carbocycles. The van der Waals surface area contributed by atoms with Gasteiger partial charge in [-0.3, -0.25) is 9.59 Å². The molecule has 140 valence electrons. The zero-order valence-corrected chi connectivity index (χ0v) is 14.8. The highest BCUT2D eigenvalue weighted by Gasteiger charge is 2.36. The Morgan fingerprint density at radius 1 is 1.32 bits per heavy atom. The van der Waals surface area contributed by atoms with Crippen LogP contribution in [0.25, 0.3) is 0 Å². The first-order valence-corrected chi connectivity index (χ1v) is 7.53. The molecular weight excluding hydrogens is 359 g/mol. The Morgan fingerprint density at radius 2 is 1.96 bits per heavy atom. The molecule has 0 radical (unpaired) electrons. The van der Waals surface area contributed by atoms with Crippen molar-refractivity contribution in [2.75, 3.05) is 25.0 Å². The number of nitrogens with zero attached hydrogens (tertiary/aromatic N) is 1. The first-order valence-electron chi connectivity index (χ1n) is 7.53. The van der Waals surface area contributed by atoms with E-state index in [1.807, 2.05) is 6.92 Å². The first-order chi connectivity index (χ1) is 11.0. The van der Waals surface area contributed by atoms with Crippen LogP contribution in [0.2, 0.25) is 0 Å². The summed E-state index contributed by atoms with van der Waals surface area (Å²) in [4.78, 5) is 25.2. The fraction of sp³-hybridized carbons (Fsp3) is 0.500. The lowest BCUT2D eigenvalue weighted by molar-refractivity contribution is -0.137. The van der Waals surface area contributed by atoms with E-state index in [4.69, 9.17) is 5.73 Å². The quantitative estimate of drug-likeness (QED) is 0.847. The minimum absolute atomic E-state index is 0. The molecule has 5 nitrogen and oxygen atoms in total. The minimum atomic E-state index is -4.61. The highest BCUT2D eigenvalue weighted by molar-refractivity contribution is 5.97. The van der Waals surface area contributed by atoms with Crippen molar-refractivity contribution in [3.05, 3.63) is 29.3 Å². The van der Waals surface area contributed by atoms with Crippen molar-refractivity contribution in [2.24, 2.45) is 11.1 Å². The molecule has 2 rings (SSSR count). The fourth-order valence-electron chi connectivity index (χ4n) is 2.74. The van der Waals surface area contributed by atoms with E-state index >= 15 is 0 Å². The maximum absolute atomic E-state index is 13.0. The van der Waals surface area contributed by atoms with Crippen LogP contribution >= 0.6 is 12.4 Å². The molecule has 1 aliphatic rings. The van der Waals surface area contributed by atoms with Crippen molar-refractivity contribution >= 4 is 29.9 Å². The van der Waals surface area contributed by atoms with E-state index in [2.05, 4.69) is 5.32 Å². The smallest absolute Gasteiger partial charge is 0.338 e. The molecule has 1 unspecified atom stereocenters. The lowest BCUT2D eigenvalue weighted by Gasteiger charge is -2.23. The van der Waals surface area contributed by atoms with Crippen molar-refractivity contribution < 1.29 is 22.8 Å². The van der Waals surface area contributed by atoms with Crippen molar-refractivity contribution in [3.63, 3.8) is 0 Å². The predicted octanol–water partition coefficient (Wildman–Crippen LogP) is 2.90. The summed E-state index contributed by atoms with van der Waals surface area (Å²) in [7, 11) is 0. The van der Waals surface area contributed by atoms with Gasteiger partial charge in [-0.25, -0.2) is 0 Å². The van der Waals surface area contributed by atoms with Gasteiger partial charge in [-0.1, -0.05) is 6.92 Å². The molecule has 9 heteroatoms. The van der Waals surface area contributed by atoms with Gasteiger partial charge in [0.25, 0.3) is 5.91 Å². The third kappa shape index (κ3) is 5.09. The SMILES string of the molecule is CC(=O)Nc1cc(C(=O)N2CCC(C)(CN)C2)cc(C(F)(F)F)c1.Cl. The van der Waals surface area contributed by atoms with E-state index in [0.717, 1.165) is 12.1 Å². The van der Waals surface area contributed by atoms with Crippen LogP contribution < -0.4 is 11.1 Å². The van der Waals surface area contributed by atoms with Gasteiger partial charge in [0.2, 0.25) is 5.91 Å². The van der Waals surface area contributed by atoms with Gasteiger partial charge in [-0.05, 0) is 36.6 Å². The molecule has 0 aromatic heterocycles. The summed E-state index contributed by atoms with van der Waals surface area (Å²) in [6, 6.07) is 2.88. The van der Waals surface area contributed by atoms with Crippen LogP contribution in [0.3, 0.4) is 0 Å². The molecule has 1 aliphatic heterocycles. The Labute approximate surface area is 150 Å². The van der Waals surface area contributed by atoms with E-state index < -0.39 is 23.6 Å². The molecule has 1 heterocycles. The zero-order valence-electron chi connectivity index (χ0n) is 13.9. The second kappa shape index (κ2) is 7.61. The summed E-state index contributed by atoms with van der Waals surface area (Å²) in [5.74, 6) is -1.01. The van der Waals surface area contributed by atoms with Crippen molar-refractivity contribution in [1.29, 1.82) is 0 Å². The molecule has 25 heavy (non-hydrogen) atoms. The van der Waals surface area contributed by atoms with Crippen molar-refractivity contribution in [3.8, 4) is 0 Å². The van der Waals surface area contributed by atoms with E-state index in [0.29, 0.717) is 26.1 Å². The number of nitrogens with two attached hydrogens (primary N) is 1. The van der Waals surface area contributed by atoms with E-state index in [1.54, 1.807) is 0 Å². The molecular formula is C16H21ClF3N3O2. The topological polar surface area (TPSA) is 75.4 Å². The van der Waals surface area contributed by atoms with Crippen LogP contribution in [0, 0.1) is 5.41 Å². The molecule has 2 amide bonds. The van der Waals surface area contributed by atoms with Gasteiger partial charge in [-0.15, -0.1) is 12.4 Å². The maximum atomic E-state index is 13.0. The largest absolute Gasteiger partial charge is 0.416 e. The number of carbonyl (C=O) groups is 2. The van der Waals surface area contributed by atoms with Crippen molar-refractivity contribution in [2.45, 2.75) is 26.4 Å². The van der Waals surface area contributed by atoms with Gasteiger partial charge >= 0.3 is 6.18 Å². The lowest BCUT2D eigenvalue weighted by Crippen LogP contribution is -2.34. The number of hydrogen-bond acceptors (Lipinski definition) is 3. The molecule has 0 bridgehead atoms. The highest BCUT2D eigenvalue weighted by Crippen LogP contribution is 2.34. The molecule has 0 aliphatic carbocycles. The van der Waals surface area contributed by atoms with Gasteiger partial charge in [0.1, 0.15) is 0 Å². The fourth-order valence-corrected chi connectivity index (χ4v) is 2.74. The van der Waals surface area contributed by atoms with Crippen molar-refractivity contribution in [1.82, 2.24) is 4.90 Å². The number of hydrogen-bond donors (Lipinski definition) is 2. The number of likely N-dealkylation sites (tertiary alicyclic amines) is 1. The standard InChI is InChI=1S/C16H20F3N3O2.ClH/c1-10(23)21-13-6-11(5-12(7-13)16(17,18)19)14(24)22-4-3-15(2,8-20)9-22;/h5-7H,3-4,8-9,20H2,1-2H3,(H,21,23);1H. The third-order valence-corrected chi connectivity index (χ3v) is 4.17. The summed E-state index contributed by atoms with van der Waals surface area (Å²) in [5, 5.41) is 2.30. The highest BCUT2D eigenvalue weighted by atomic mass is 35.5. The Morgan fingerprint density at radius 3 is 2.44 bits per heavy atom. The summed E-state index contributed by atoms with van der Waals surface area (Å²) in [5.41, 5.74) is 4.34. The van der Waals surface area contributed by atoms with Gasteiger partial charge in [0.05, 0.1) is 5.56 Å². The number of anilines is 1.